The lowest BCUT2D eigenvalue weighted by Crippen LogP contribution is -2.38. The third-order valence-electron chi connectivity index (χ3n) is 2.88. The molecular weight excluding hydrogens is 271 g/mol. The summed E-state index contributed by atoms with van der Waals surface area (Å²) in [5, 5.41) is 11.0. The van der Waals surface area contributed by atoms with Crippen LogP contribution in [0.2, 0.25) is 5.02 Å². The fourth-order valence-corrected chi connectivity index (χ4v) is 1.91. The number of hydrogen-bond acceptors (Lipinski definition) is 2. The number of alkyl halides is 3. The maximum atomic E-state index is 12.7. The first kappa shape index (κ1) is 13.0. The lowest BCUT2D eigenvalue weighted by Gasteiger charge is -2.22. The van der Waals surface area contributed by atoms with Crippen molar-refractivity contribution in [2.45, 2.75) is 24.6 Å². The Labute approximate surface area is 106 Å². The highest BCUT2D eigenvalue weighted by molar-refractivity contribution is 6.33. The first-order valence-corrected chi connectivity index (χ1v) is 5.51. The van der Waals surface area contributed by atoms with Gasteiger partial charge in [0.1, 0.15) is 5.54 Å². The van der Waals surface area contributed by atoms with Crippen LogP contribution in [0.4, 0.5) is 18.9 Å². The summed E-state index contributed by atoms with van der Waals surface area (Å²) in [7, 11) is 0. The van der Waals surface area contributed by atoms with Gasteiger partial charge in [0.25, 0.3) is 0 Å². The van der Waals surface area contributed by atoms with E-state index < -0.39 is 17.7 Å². The van der Waals surface area contributed by atoms with E-state index in [1.54, 1.807) is 0 Å². The number of halogens is 4. The van der Waals surface area contributed by atoms with Gasteiger partial charge in [-0.3, -0.25) is 0 Å². The van der Waals surface area contributed by atoms with Crippen molar-refractivity contribution in [3.05, 3.63) is 28.8 Å². The van der Waals surface area contributed by atoms with Gasteiger partial charge in [-0.15, -0.1) is 0 Å². The number of carboxylic acid groups (broad SMARTS) is 1. The van der Waals surface area contributed by atoms with E-state index in [0.29, 0.717) is 0 Å². The Bertz CT molecular complexity index is 498. The normalized spacial score (nSPS) is 17.3. The molecule has 0 bridgehead atoms. The number of nitrogens with one attached hydrogen (secondary N) is 1. The van der Waals surface area contributed by atoms with Gasteiger partial charge in [0.15, 0.2) is 0 Å². The molecule has 1 aliphatic carbocycles. The summed E-state index contributed by atoms with van der Waals surface area (Å²) in [4.78, 5) is 10.7. The molecule has 7 heteroatoms. The van der Waals surface area contributed by atoms with Gasteiger partial charge in [0.05, 0.1) is 10.6 Å². The highest BCUT2D eigenvalue weighted by atomic mass is 35.5. The standard InChI is InChI=1S/C11H9ClF3NO2/c12-8-5-6(1-2-7(8)9(17)18)16-10(3-4-10)11(13,14)15/h1-2,5,16H,3-4H2,(H,17,18). The second-order valence-electron chi connectivity index (χ2n) is 4.20. The van der Waals surface area contributed by atoms with Crippen LogP contribution in [0.25, 0.3) is 0 Å². The SMILES string of the molecule is O=C(O)c1ccc(NC2(C(F)(F)F)CC2)cc1Cl. The summed E-state index contributed by atoms with van der Waals surface area (Å²) in [6, 6.07) is 3.65. The predicted molar refractivity (Wildman–Crippen MR) is 60.1 cm³/mol. The minimum absolute atomic E-state index is 0.00873. The number of hydrogen-bond donors (Lipinski definition) is 2. The number of benzene rings is 1. The number of anilines is 1. The molecule has 18 heavy (non-hydrogen) atoms. The molecule has 0 amide bonds. The molecule has 0 heterocycles. The van der Waals surface area contributed by atoms with E-state index in [2.05, 4.69) is 5.32 Å². The molecule has 1 saturated carbocycles. The average molecular weight is 280 g/mol. The summed E-state index contributed by atoms with van der Waals surface area (Å²) in [5.74, 6) is -1.22. The molecule has 0 saturated heterocycles. The number of rotatable bonds is 3. The van der Waals surface area contributed by atoms with Crippen LogP contribution in [-0.2, 0) is 0 Å². The Morgan fingerprint density at radius 1 is 1.39 bits per heavy atom. The molecular formula is C11H9ClF3NO2. The molecule has 2 N–H and O–H groups in total. The summed E-state index contributed by atoms with van der Waals surface area (Å²) < 4.78 is 38.1. The van der Waals surface area contributed by atoms with Gasteiger partial charge in [-0.25, -0.2) is 4.79 Å². The van der Waals surface area contributed by atoms with Crippen LogP contribution >= 0.6 is 11.6 Å². The largest absolute Gasteiger partial charge is 0.478 e. The molecule has 0 spiro atoms. The summed E-state index contributed by atoms with van der Waals surface area (Å²) in [5.41, 5.74) is -1.86. The molecule has 1 aliphatic rings. The maximum absolute atomic E-state index is 12.7. The molecule has 0 aromatic heterocycles. The van der Waals surface area contributed by atoms with E-state index in [4.69, 9.17) is 16.7 Å². The van der Waals surface area contributed by atoms with E-state index in [0.717, 1.165) is 0 Å². The van der Waals surface area contributed by atoms with E-state index >= 15 is 0 Å². The van der Waals surface area contributed by atoms with E-state index in [9.17, 15) is 18.0 Å². The maximum Gasteiger partial charge on any atom is 0.411 e. The topological polar surface area (TPSA) is 49.3 Å². The third-order valence-corrected chi connectivity index (χ3v) is 3.19. The molecule has 3 nitrogen and oxygen atoms in total. The minimum Gasteiger partial charge on any atom is -0.478 e. The zero-order valence-electron chi connectivity index (χ0n) is 9.01. The smallest absolute Gasteiger partial charge is 0.411 e. The fourth-order valence-electron chi connectivity index (χ4n) is 1.65. The first-order valence-electron chi connectivity index (χ1n) is 5.13. The summed E-state index contributed by atoms with van der Waals surface area (Å²) >= 11 is 5.69. The highest BCUT2D eigenvalue weighted by Crippen LogP contribution is 2.51. The Balaban J connectivity index is 2.22. The van der Waals surface area contributed by atoms with E-state index in [-0.39, 0.29) is 29.1 Å². The molecule has 1 aromatic carbocycles. The van der Waals surface area contributed by atoms with Crippen LogP contribution in [0, 0.1) is 0 Å². The second kappa shape index (κ2) is 4.05. The monoisotopic (exact) mass is 279 g/mol. The van der Waals surface area contributed by atoms with Crippen LogP contribution in [-0.4, -0.2) is 22.8 Å². The van der Waals surface area contributed by atoms with Crippen molar-refractivity contribution in [2.75, 3.05) is 5.32 Å². The van der Waals surface area contributed by atoms with Gasteiger partial charge in [-0.2, -0.15) is 13.2 Å². The molecule has 0 aliphatic heterocycles. The van der Waals surface area contributed by atoms with Crippen LogP contribution in [0.15, 0.2) is 18.2 Å². The van der Waals surface area contributed by atoms with Crippen LogP contribution < -0.4 is 5.32 Å². The second-order valence-corrected chi connectivity index (χ2v) is 4.61. The van der Waals surface area contributed by atoms with Crippen LogP contribution in [0.5, 0.6) is 0 Å². The van der Waals surface area contributed by atoms with Crippen LogP contribution in [0.1, 0.15) is 23.2 Å². The van der Waals surface area contributed by atoms with Crippen molar-refractivity contribution >= 4 is 23.3 Å². The van der Waals surface area contributed by atoms with Crippen molar-refractivity contribution < 1.29 is 23.1 Å². The number of carbonyl (C=O) groups is 1. The van der Waals surface area contributed by atoms with E-state index in [1.165, 1.54) is 18.2 Å². The van der Waals surface area contributed by atoms with Crippen molar-refractivity contribution in [2.24, 2.45) is 0 Å². The van der Waals surface area contributed by atoms with Crippen LogP contribution in [0.3, 0.4) is 0 Å². The Kier molecular flexibility index (Phi) is 2.93. The average Bonchev–Trinajstić information content (AvgIpc) is 2.97. The lowest BCUT2D eigenvalue weighted by atomic mass is 10.1. The Morgan fingerprint density at radius 3 is 2.39 bits per heavy atom. The molecule has 2 rings (SSSR count). The predicted octanol–water partition coefficient (Wildman–Crippen LogP) is 3.55. The van der Waals surface area contributed by atoms with Gasteiger partial charge in [-0.1, -0.05) is 11.6 Å². The van der Waals surface area contributed by atoms with Gasteiger partial charge >= 0.3 is 12.1 Å². The molecule has 1 aromatic rings. The quantitative estimate of drug-likeness (QED) is 0.890. The zero-order valence-corrected chi connectivity index (χ0v) is 9.77. The van der Waals surface area contributed by atoms with Crippen molar-refractivity contribution in [1.29, 1.82) is 0 Å². The molecule has 0 unspecified atom stereocenters. The summed E-state index contributed by atoms with van der Waals surface area (Å²) in [6.07, 6.45) is -4.31. The number of aromatic carboxylic acids is 1. The van der Waals surface area contributed by atoms with Gasteiger partial charge in [-0.05, 0) is 31.0 Å². The van der Waals surface area contributed by atoms with Gasteiger partial charge in [0, 0.05) is 5.69 Å². The Morgan fingerprint density at radius 2 is 2.00 bits per heavy atom. The highest BCUT2D eigenvalue weighted by Gasteiger charge is 2.63. The van der Waals surface area contributed by atoms with E-state index in [1.807, 2.05) is 0 Å². The Hall–Kier alpha value is -1.43. The van der Waals surface area contributed by atoms with Gasteiger partial charge in [0.2, 0.25) is 0 Å². The lowest BCUT2D eigenvalue weighted by molar-refractivity contribution is -0.151. The molecule has 0 radical (unpaired) electrons. The van der Waals surface area contributed by atoms with Crippen molar-refractivity contribution in [3.63, 3.8) is 0 Å². The van der Waals surface area contributed by atoms with Crippen molar-refractivity contribution in [3.8, 4) is 0 Å². The zero-order chi connectivity index (χ0) is 13.6. The van der Waals surface area contributed by atoms with Gasteiger partial charge < -0.3 is 10.4 Å². The molecule has 1 fully saturated rings. The summed E-state index contributed by atoms with van der Waals surface area (Å²) in [6.45, 7) is 0. The van der Waals surface area contributed by atoms with Crippen molar-refractivity contribution in [1.82, 2.24) is 0 Å². The number of carboxylic acids is 1. The molecule has 0 atom stereocenters. The molecule has 98 valence electrons. The first-order chi connectivity index (χ1) is 8.25. The fraction of sp³-hybridized carbons (Fsp3) is 0.364. The third kappa shape index (κ3) is 2.25. The minimum atomic E-state index is -4.33.